The molecule has 1 aromatic rings. The molecule has 0 radical (unpaired) electrons. The SMILES string of the molecule is CN1C(=O)N([C@H](F)c2ccccc2CC#N)C(NCCN)=C[C@H]1S. The molecule has 0 aromatic heterocycles. The van der Waals surface area contributed by atoms with Gasteiger partial charge in [0.2, 0.25) is 6.30 Å². The average molecular weight is 349 g/mol. The molecule has 6 nitrogen and oxygen atoms in total. The average Bonchev–Trinajstić information content (AvgIpc) is 2.58. The summed E-state index contributed by atoms with van der Waals surface area (Å²) in [6.07, 6.45) is 0.000321. The van der Waals surface area contributed by atoms with Crippen LogP contribution in [0.3, 0.4) is 0 Å². The van der Waals surface area contributed by atoms with Crippen molar-refractivity contribution in [1.29, 1.82) is 5.26 Å². The van der Waals surface area contributed by atoms with Crippen LogP contribution in [0.4, 0.5) is 9.18 Å². The first-order chi connectivity index (χ1) is 11.5. The number of rotatable bonds is 6. The van der Waals surface area contributed by atoms with Gasteiger partial charge in [0, 0.05) is 25.7 Å². The lowest BCUT2D eigenvalue weighted by Gasteiger charge is -2.39. The molecule has 8 heteroatoms. The van der Waals surface area contributed by atoms with Crippen LogP contribution >= 0.6 is 12.6 Å². The number of urea groups is 1. The molecule has 0 fully saturated rings. The van der Waals surface area contributed by atoms with Gasteiger partial charge in [0.15, 0.2) is 0 Å². The molecule has 2 amide bonds. The van der Waals surface area contributed by atoms with Crippen molar-refractivity contribution in [2.75, 3.05) is 20.1 Å². The smallest absolute Gasteiger partial charge is 0.329 e. The fourth-order valence-electron chi connectivity index (χ4n) is 2.43. The molecule has 1 aliphatic rings. The number of nitrogens with one attached hydrogen (secondary N) is 1. The molecule has 24 heavy (non-hydrogen) atoms. The van der Waals surface area contributed by atoms with Crippen LogP contribution in [0.25, 0.3) is 0 Å². The van der Waals surface area contributed by atoms with Crippen LogP contribution < -0.4 is 11.1 Å². The molecule has 0 unspecified atom stereocenters. The van der Waals surface area contributed by atoms with Crippen LogP contribution in [-0.4, -0.2) is 41.3 Å². The monoisotopic (exact) mass is 349 g/mol. The summed E-state index contributed by atoms with van der Waals surface area (Å²) in [6, 6.07) is 8.18. The summed E-state index contributed by atoms with van der Waals surface area (Å²) in [5, 5.41) is 11.4. The summed E-state index contributed by atoms with van der Waals surface area (Å²) in [4.78, 5) is 14.9. The van der Waals surface area contributed by atoms with Crippen molar-refractivity contribution in [3.8, 4) is 6.07 Å². The molecule has 0 spiro atoms. The third-order valence-corrected chi connectivity index (χ3v) is 4.22. The van der Waals surface area contributed by atoms with Gasteiger partial charge >= 0.3 is 6.03 Å². The van der Waals surface area contributed by atoms with E-state index >= 15 is 4.39 Å². The van der Waals surface area contributed by atoms with Crippen LogP contribution in [0.2, 0.25) is 0 Å². The standard InChI is InChI=1S/C16H20FN5OS/c1-21-14(24)10-13(20-9-8-19)22(16(21)23)15(17)12-5-3-2-4-11(12)6-7-18/h2-5,10,14-15,20,24H,6,8-9,19H2,1H3/t14-,15+/m1/s1. The van der Waals surface area contributed by atoms with Crippen molar-refractivity contribution < 1.29 is 9.18 Å². The molecular formula is C16H20FN5OS. The van der Waals surface area contributed by atoms with Crippen molar-refractivity contribution in [3.63, 3.8) is 0 Å². The number of likely N-dealkylation sites (N-methyl/N-ethyl adjacent to an activating group) is 1. The van der Waals surface area contributed by atoms with E-state index in [2.05, 4.69) is 17.9 Å². The third kappa shape index (κ3) is 3.63. The summed E-state index contributed by atoms with van der Waals surface area (Å²) in [7, 11) is 1.55. The van der Waals surface area contributed by atoms with Crippen LogP contribution in [0.1, 0.15) is 17.4 Å². The maximum absolute atomic E-state index is 15.3. The van der Waals surface area contributed by atoms with Crippen LogP contribution in [0.5, 0.6) is 0 Å². The van der Waals surface area contributed by atoms with E-state index < -0.39 is 17.7 Å². The Hall–Kier alpha value is -2.24. The Morgan fingerprint density at radius 2 is 2.21 bits per heavy atom. The van der Waals surface area contributed by atoms with Crippen LogP contribution in [-0.2, 0) is 6.42 Å². The predicted molar refractivity (Wildman–Crippen MR) is 92.5 cm³/mol. The summed E-state index contributed by atoms with van der Waals surface area (Å²) in [5.74, 6) is 0.322. The Balaban J connectivity index is 2.41. The number of halogens is 1. The van der Waals surface area contributed by atoms with Crippen molar-refractivity contribution in [2.24, 2.45) is 5.73 Å². The van der Waals surface area contributed by atoms with Gasteiger partial charge in [-0.15, -0.1) is 0 Å². The van der Waals surface area contributed by atoms with E-state index in [1.54, 1.807) is 37.4 Å². The van der Waals surface area contributed by atoms with Gasteiger partial charge in [0.25, 0.3) is 0 Å². The topological polar surface area (TPSA) is 85.4 Å². The van der Waals surface area contributed by atoms with Crippen LogP contribution in [0, 0.1) is 11.3 Å². The molecule has 3 N–H and O–H groups in total. The van der Waals surface area contributed by atoms with E-state index in [1.165, 1.54) is 4.90 Å². The third-order valence-electron chi connectivity index (χ3n) is 3.73. The molecule has 0 aliphatic carbocycles. The Kier molecular flexibility index (Phi) is 6.06. The quantitative estimate of drug-likeness (QED) is 0.539. The van der Waals surface area contributed by atoms with Gasteiger partial charge in [-0.05, 0) is 11.6 Å². The zero-order chi connectivity index (χ0) is 17.7. The maximum Gasteiger partial charge on any atom is 0.329 e. The number of nitriles is 1. The van der Waals surface area contributed by atoms with Gasteiger partial charge < -0.3 is 16.0 Å². The Morgan fingerprint density at radius 1 is 1.50 bits per heavy atom. The largest absolute Gasteiger partial charge is 0.370 e. The molecule has 0 saturated carbocycles. The Morgan fingerprint density at radius 3 is 2.88 bits per heavy atom. The summed E-state index contributed by atoms with van der Waals surface area (Å²) < 4.78 is 15.3. The first-order valence-corrected chi connectivity index (χ1v) is 8.01. The van der Waals surface area contributed by atoms with Crippen molar-refractivity contribution in [3.05, 3.63) is 47.3 Å². The van der Waals surface area contributed by atoms with E-state index in [-0.39, 0.29) is 6.42 Å². The van der Waals surface area contributed by atoms with Gasteiger partial charge in [0.05, 0.1) is 17.9 Å². The molecule has 0 saturated heterocycles. The first kappa shape index (κ1) is 18.1. The summed E-state index contributed by atoms with van der Waals surface area (Å²) in [5.41, 5.74) is 6.33. The summed E-state index contributed by atoms with van der Waals surface area (Å²) >= 11 is 4.31. The first-order valence-electron chi connectivity index (χ1n) is 7.50. The number of hydrogen-bond donors (Lipinski definition) is 3. The number of alkyl halides is 1. The number of carbonyl (C=O) groups excluding carboxylic acids is 1. The van der Waals surface area contributed by atoms with Gasteiger partial charge in [0.1, 0.15) is 5.82 Å². The van der Waals surface area contributed by atoms with E-state index in [9.17, 15) is 4.79 Å². The molecule has 1 aromatic carbocycles. The second-order valence-corrected chi connectivity index (χ2v) is 5.84. The highest BCUT2D eigenvalue weighted by Gasteiger charge is 2.36. The minimum Gasteiger partial charge on any atom is -0.370 e. The van der Waals surface area contributed by atoms with Crippen LogP contribution in [0.15, 0.2) is 36.2 Å². The lowest BCUT2D eigenvalue weighted by atomic mass is 10.0. The zero-order valence-corrected chi connectivity index (χ0v) is 14.2. The summed E-state index contributed by atoms with van der Waals surface area (Å²) in [6.45, 7) is 0.737. The number of amides is 2. The number of benzene rings is 1. The fraction of sp³-hybridized carbons (Fsp3) is 0.375. The van der Waals surface area contributed by atoms with E-state index in [1.807, 2.05) is 6.07 Å². The Bertz CT molecular complexity index is 675. The number of nitrogens with zero attached hydrogens (tertiary/aromatic N) is 3. The van der Waals surface area contributed by atoms with Crippen molar-refractivity contribution >= 4 is 18.7 Å². The number of nitrogens with two attached hydrogens (primary N) is 1. The molecule has 128 valence electrons. The highest BCUT2D eigenvalue weighted by molar-refractivity contribution is 7.81. The minimum absolute atomic E-state index is 0.0684. The van der Waals surface area contributed by atoms with Crippen molar-refractivity contribution in [2.45, 2.75) is 18.1 Å². The van der Waals surface area contributed by atoms with Gasteiger partial charge in [-0.25, -0.2) is 14.1 Å². The van der Waals surface area contributed by atoms with E-state index in [0.29, 0.717) is 30.0 Å². The second kappa shape index (κ2) is 8.04. The number of hydrogen-bond acceptors (Lipinski definition) is 5. The molecule has 0 bridgehead atoms. The molecule has 2 atom stereocenters. The molecule has 1 heterocycles. The fourth-order valence-corrected chi connectivity index (χ4v) is 2.67. The van der Waals surface area contributed by atoms with Crippen molar-refractivity contribution in [1.82, 2.24) is 15.1 Å². The second-order valence-electron chi connectivity index (χ2n) is 5.31. The lowest BCUT2D eigenvalue weighted by Crippen LogP contribution is -2.51. The van der Waals surface area contributed by atoms with E-state index in [4.69, 9.17) is 11.0 Å². The minimum atomic E-state index is -1.72. The zero-order valence-electron chi connectivity index (χ0n) is 13.3. The maximum atomic E-state index is 15.3. The predicted octanol–water partition coefficient (Wildman–Crippen LogP) is 1.73. The Labute approximate surface area is 146 Å². The molecule has 1 aliphatic heterocycles. The molecule has 2 rings (SSSR count). The van der Waals surface area contributed by atoms with E-state index in [0.717, 1.165) is 4.90 Å². The van der Waals surface area contributed by atoms with Gasteiger partial charge in [-0.1, -0.05) is 24.3 Å². The highest BCUT2D eigenvalue weighted by atomic mass is 32.1. The van der Waals surface area contributed by atoms with Gasteiger partial charge in [-0.2, -0.15) is 17.9 Å². The lowest BCUT2D eigenvalue weighted by molar-refractivity contribution is 0.0947. The van der Waals surface area contributed by atoms with Gasteiger partial charge in [-0.3, -0.25) is 0 Å². The number of carbonyl (C=O) groups is 1. The molecular weight excluding hydrogens is 329 g/mol. The highest BCUT2D eigenvalue weighted by Crippen LogP contribution is 2.32. The normalized spacial score (nSPS) is 18.9. The number of thiol groups is 1.